The summed E-state index contributed by atoms with van der Waals surface area (Å²) in [6.45, 7) is 7.71. The molecule has 1 fully saturated rings. The number of amides is 1. The van der Waals surface area contributed by atoms with Crippen LogP contribution >= 0.6 is 0 Å². The van der Waals surface area contributed by atoms with Crippen LogP contribution in [0, 0.1) is 13.8 Å². The first-order valence-corrected chi connectivity index (χ1v) is 11.4. The zero-order valence-electron chi connectivity index (χ0n) is 17.6. The van der Waals surface area contributed by atoms with E-state index in [1.54, 1.807) is 0 Å². The van der Waals surface area contributed by atoms with Crippen LogP contribution in [-0.2, 0) is 14.8 Å². The van der Waals surface area contributed by atoms with E-state index in [2.05, 4.69) is 5.32 Å². The standard InChI is InChI=1S/C22H28N2O5S/c1-16-4-7-20(14-17(16)2)29-15-18(3)23-22(25)19-5-8-21(9-6-19)30(26,27)24-10-12-28-13-11-24/h4-9,14,18H,10-13,15H2,1-3H3,(H,23,25)/t18-/m1/s1. The van der Waals surface area contributed by atoms with Gasteiger partial charge >= 0.3 is 0 Å². The second-order valence-corrected chi connectivity index (χ2v) is 9.41. The number of sulfonamides is 1. The first kappa shape index (κ1) is 22.3. The van der Waals surface area contributed by atoms with E-state index in [9.17, 15) is 13.2 Å². The van der Waals surface area contributed by atoms with Crippen molar-refractivity contribution in [2.75, 3.05) is 32.9 Å². The fourth-order valence-electron chi connectivity index (χ4n) is 3.09. The number of rotatable bonds is 7. The van der Waals surface area contributed by atoms with E-state index in [1.165, 1.54) is 34.1 Å². The molecule has 3 rings (SSSR count). The van der Waals surface area contributed by atoms with E-state index < -0.39 is 10.0 Å². The summed E-state index contributed by atoms with van der Waals surface area (Å²) in [7, 11) is -3.57. The lowest BCUT2D eigenvalue weighted by Crippen LogP contribution is -2.40. The highest BCUT2D eigenvalue weighted by Gasteiger charge is 2.26. The van der Waals surface area contributed by atoms with Gasteiger partial charge in [0, 0.05) is 18.7 Å². The Morgan fingerprint density at radius 2 is 1.77 bits per heavy atom. The van der Waals surface area contributed by atoms with Crippen LogP contribution in [0.15, 0.2) is 47.4 Å². The normalized spacial score (nSPS) is 16.1. The van der Waals surface area contributed by atoms with Crippen LogP contribution in [0.5, 0.6) is 5.75 Å². The third-order valence-corrected chi connectivity index (χ3v) is 6.99. The summed E-state index contributed by atoms with van der Waals surface area (Å²) in [5.41, 5.74) is 2.74. The van der Waals surface area contributed by atoms with E-state index in [0.717, 1.165) is 11.3 Å². The molecule has 2 aromatic rings. The minimum atomic E-state index is -3.57. The number of carbonyl (C=O) groups excluding carboxylic acids is 1. The molecule has 0 unspecified atom stereocenters. The molecule has 1 amide bonds. The second kappa shape index (κ2) is 9.59. The van der Waals surface area contributed by atoms with Crippen molar-refractivity contribution < 1.29 is 22.7 Å². The van der Waals surface area contributed by atoms with Gasteiger partial charge < -0.3 is 14.8 Å². The molecule has 0 aliphatic carbocycles. The lowest BCUT2D eigenvalue weighted by atomic mass is 10.1. The third-order valence-electron chi connectivity index (χ3n) is 5.08. The Bertz CT molecular complexity index is 983. The molecule has 0 bridgehead atoms. The molecule has 1 N–H and O–H groups in total. The highest BCUT2D eigenvalue weighted by molar-refractivity contribution is 7.89. The van der Waals surface area contributed by atoms with Gasteiger partial charge in [-0.1, -0.05) is 6.07 Å². The van der Waals surface area contributed by atoms with E-state index in [-0.39, 0.29) is 16.8 Å². The molecule has 1 saturated heterocycles. The summed E-state index contributed by atoms with van der Waals surface area (Å²) < 4.78 is 37.7. The van der Waals surface area contributed by atoms with E-state index in [1.807, 2.05) is 39.0 Å². The Balaban J connectivity index is 1.56. The summed E-state index contributed by atoms with van der Waals surface area (Å²) in [6, 6.07) is 11.7. The maximum Gasteiger partial charge on any atom is 0.251 e. The molecule has 162 valence electrons. The molecule has 0 aromatic heterocycles. The largest absolute Gasteiger partial charge is 0.491 e. The number of nitrogens with one attached hydrogen (secondary N) is 1. The summed E-state index contributed by atoms with van der Waals surface area (Å²) in [5, 5.41) is 2.87. The van der Waals surface area contributed by atoms with Gasteiger partial charge in [0.1, 0.15) is 12.4 Å². The number of nitrogens with zero attached hydrogens (tertiary/aromatic N) is 1. The van der Waals surface area contributed by atoms with Crippen LogP contribution in [0.2, 0.25) is 0 Å². The minimum Gasteiger partial charge on any atom is -0.491 e. The van der Waals surface area contributed by atoms with Crippen LogP contribution in [-0.4, -0.2) is 57.6 Å². The topological polar surface area (TPSA) is 84.9 Å². The third kappa shape index (κ3) is 5.38. The second-order valence-electron chi connectivity index (χ2n) is 7.47. The Labute approximate surface area is 178 Å². The molecule has 0 spiro atoms. The van der Waals surface area contributed by atoms with Gasteiger partial charge in [0.05, 0.1) is 24.2 Å². The number of hydrogen-bond donors (Lipinski definition) is 1. The van der Waals surface area contributed by atoms with Crippen molar-refractivity contribution in [2.45, 2.75) is 31.7 Å². The van der Waals surface area contributed by atoms with Gasteiger partial charge in [-0.15, -0.1) is 0 Å². The van der Waals surface area contributed by atoms with Crippen LogP contribution in [0.4, 0.5) is 0 Å². The maximum atomic E-state index is 12.7. The molecule has 1 aliphatic heterocycles. The number of carbonyl (C=O) groups is 1. The quantitative estimate of drug-likeness (QED) is 0.727. The molecule has 2 aromatic carbocycles. The Hall–Kier alpha value is -2.42. The van der Waals surface area contributed by atoms with E-state index >= 15 is 0 Å². The molecule has 1 atom stereocenters. The van der Waals surface area contributed by atoms with Gasteiger partial charge in [-0.05, 0) is 68.3 Å². The maximum absolute atomic E-state index is 12.7. The van der Waals surface area contributed by atoms with E-state index in [0.29, 0.717) is 38.5 Å². The highest BCUT2D eigenvalue weighted by Crippen LogP contribution is 2.18. The smallest absolute Gasteiger partial charge is 0.251 e. The number of aryl methyl sites for hydroxylation is 2. The Morgan fingerprint density at radius 3 is 2.40 bits per heavy atom. The first-order valence-electron chi connectivity index (χ1n) is 9.96. The van der Waals surface area contributed by atoms with Gasteiger partial charge in [-0.3, -0.25) is 4.79 Å². The molecule has 1 heterocycles. The fraction of sp³-hybridized carbons (Fsp3) is 0.409. The van der Waals surface area contributed by atoms with Crippen molar-refractivity contribution in [2.24, 2.45) is 0 Å². The number of hydrogen-bond acceptors (Lipinski definition) is 5. The molecule has 7 nitrogen and oxygen atoms in total. The van der Waals surface area contributed by atoms with E-state index in [4.69, 9.17) is 9.47 Å². The van der Waals surface area contributed by atoms with Crippen molar-refractivity contribution >= 4 is 15.9 Å². The van der Waals surface area contributed by atoms with Crippen molar-refractivity contribution in [1.29, 1.82) is 0 Å². The predicted octanol–water partition coefficient (Wildman–Crippen LogP) is 2.52. The average molecular weight is 433 g/mol. The molecular weight excluding hydrogens is 404 g/mol. The monoisotopic (exact) mass is 432 g/mol. The van der Waals surface area contributed by atoms with Gasteiger partial charge in [0.2, 0.25) is 10.0 Å². The molecule has 0 radical (unpaired) electrons. The molecule has 30 heavy (non-hydrogen) atoms. The van der Waals surface area contributed by atoms with Gasteiger partial charge in [0.25, 0.3) is 5.91 Å². The lowest BCUT2D eigenvalue weighted by molar-refractivity contribution is 0.0730. The number of ether oxygens (including phenoxy) is 2. The molecule has 8 heteroatoms. The molecule has 0 saturated carbocycles. The van der Waals surface area contributed by atoms with Crippen LogP contribution in [0.3, 0.4) is 0 Å². The Kier molecular flexibility index (Phi) is 7.12. The summed E-state index contributed by atoms with van der Waals surface area (Å²) in [4.78, 5) is 12.7. The highest BCUT2D eigenvalue weighted by atomic mass is 32.2. The van der Waals surface area contributed by atoms with Crippen LogP contribution in [0.25, 0.3) is 0 Å². The first-order chi connectivity index (χ1) is 14.3. The average Bonchev–Trinajstić information content (AvgIpc) is 2.75. The SMILES string of the molecule is Cc1ccc(OC[C@@H](C)NC(=O)c2ccc(S(=O)(=O)N3CCOCC3)cc2)cc1C. The summed E-state index contributed by atoms with van der Waals surface area (Å²) in [6.07, 6.45) is 0. The van der Waals surface area contributed by atoms with Gasteiger partial charge in [-0.2, -0.15) is 4.31 Å². The number of benzene rings is 2. The van der Waals surface area contributed by atoms with Crippen molar-refractivity contribution in [3.8, 4) is 5.75 Å². The molecule has 1 aliphatic rings. The van der Waals surface area contributed by atoms with Gasteiger partial charge in [-0.25, -0.2) is 8.42 Å². The summed E-state index contributed by atoms with van der Waals surface area (Å²) >= 11 is 0. The lowest BCUT2D eigenvalue weighted by Gasteiger charge is -2.26. The fourth-order valence-corrected chi connectivity index (χ4v) is 4.50. The predicted molar refractivity (Wildman–Crippen MR) is 114 cm³/mol. The van der Waals surface area contributed by atoms with Crippen molar-refractivity contribution in [1.82, 2.24) is 9.62 Å². The zero-order chi connectivity index (χ0) is 21.7. The van der Waals surface area contributed by atoms with Crippen molar-refractivity contribution in [3.05, 3.63) is 59.2 Å². The number of morpholine rings is 1. The van der Waals surface area contributed by atoms with Crippen LogP contribution in [0.1, 0.15) is 28.4 Å². The zero-order valence-corrected chi connectivity index (χ0v) is 18.4. The van der Waals surface area contributed by atoms with Gasteiger partial charge in [0.15, 0.2) is 0 Å². The van der Waals surface area contributed by atoms with Crippen LogP contribution < -0.4 is 10.1 Å². The molecular formula is C22H28N2O5S. The Morgan fingerprint density at radius 1 is 1.10 bits per heavy atom. The minimum absolute atomic E-state index is 0.173. The van der Waals surface area contributed by atoms with Crippen molar-refractivity contribution in [3.63, 3.8) is 0 Å². The summed E-state index contributed by atoms with van der Waals surface area (Å²) in [5.74, 6) is 0.485.